The summed E-state index contributed by atoms with van der Waals surface area (Å²) in [4.78, 5) is 24.2. The van der Waals surface area contributed by atoms with Crippen LogP contribution >= 0.6 is 0 Å². The van der Waals surface area contributed by atoms with Gasteiger partial charge in [-0.15, -0.1) is 0 Å². The predicted octanol–water partition coefficient (Wildman–Crippen LogP) is 3.41. The number of hydrogen-bond donors (Lipinski definition) is 2. The smallest absolute Gasteiger partial charge is 0.215 e. The van der Waals surface area contributed by atoms with Gasteiger partial charge in [0.1, 0.15) is 17.3 Å². The minimum Gasteiger partial charge on any atom is -0.383 e. The van der Waals surface area contributed by atoms with Crippen molar-refractivity contribution in [2.75, 3.05) is 30.3 Å². The number of carbonyl (C=O) groups excluding carboxylic acids is 1. The first-order chi connectivity index (χ1) is 13.0. The molecule has 0 amide bonds. The number of aryl methyl sites for hydroxylation is 1. The van der Waals surface area contributed by atoms with Crippen molar-refractivity contribution in [3.8, 4) is 0 Å². The molecule has 0 spiro atoms. The molecule has 1 saturated heterocycles. The van der Waals surface area contributed by atoms with Gasteiger partial charge in [0, 0.05) is 36.2 Å². The van der Waals surface area contributed by atoms with E-state index in [1.807, 2.05) is 19.1 Å². The van der Waals surface area contributed by atoms with E-state index in [2.05, 4.69) is 29.0 Å². The molecule has 2 aromatic heterocycles. The zero-order valence-corrected chi connectivity index (χ0v) is 16.4. The van der Waals surface area contributed by atoms with Crippen LogP contribution in [0.15, 0.2) is 30.5 Å². The molecule has 3 rings (SSSR count). The van der Waals surface area contributed by atoms with Crippen LogP contribution in [0.5, 0.6) is 0 Å². The van der Waals surface area contributed by atoms with Gasteiger partial charge in [-0.2, -0.15) is 0 Å². The molecular weight excluding hydrogens is 338 g/mol. The normalized spacial score (nSPS) is 17.3. The standard InChI is InChI=1S/C21H29N5O.3H2/c1-4-15-7-8-18(26-11-10-23-16(13-26)12-14(2)3)25-19(15)20(27)17-6-5-9-24-21(17)22;;;/h5-9,14,16,23H,4,10-13H2,1-3H3,(H2,22,24);3*1H/t16-;;;/m0.../s1. The summed E-state index contributed by atoms with van der Waals surface area (Å²) in [5.74, 6) is 1.58. The van der Waals surface area contributed by atoms with Crippen molar-refractivity contribution < 1.29 is 9.07 Å². The maximum absolute atomic E-state index is 13.1. The van der Waals surface area contributed by atoms with Crippen LogP contribution < -0.4 is 16.0 Å². The third kappa shape index (κ3) is 4.45. The summed E-state index contributed by atoms with van der Waals surface area (Å²) in [6.45, 7) is 9.22. The summed E-state index contributed by atoms with van der Waals surface area (Å²) < 4.78 is 0. The van der Waals surface area contributed by atoms with E-state index in [9.17, 15) is 4.79 Å². The van der Waals surface area contributed by atoms with Gasteiger partial charge in [0.2, 0.25) is 5.78 Å². The van der Waals surface area contributed by atoms with Crippen LogP contribution in [0.1, 0.15) is 53.1 Å². The van der Waals surface area contributed by atoms with Crippen molar-refractivity contribution >= 4 is 17.4 Å². The monoisotopic (exact) mass is 373 g/mol. The number of ketones is 1. The van der Waals surface area contributed by atoms with Crippen molar-refractivity contribution in [3.05, 3.63) is 47.3 Å². The van der Waals surface area contributed by atoms with E-state index < -0.39 is 0 Å². The van der Waals surface area contributed by atoms with Gasteiger partial charge in [0.15, 0.2) is 0 Å². The van der Waals surface area contributed by atoms with Gasteiger partial charge >= 0.3 is 0 Å². The summed E-state index contributed by atoms with van der Waals surface area (Å²) in [6, 6.07) is 7.93. The van der Waals surface area contributed by atoms with E-state index in [1.165, 1.54) is 0 Å². The molecule has 0 unspecified atom stereocenters. The molecule has 27 heavy (non-hydrogen) atoms. The van der Waals surface area contributed by atoms with Crippen LogP contribution in [0.25, 0.3) is 0 Å². The summed E-state index contributed by atoms with van der Waals surface area (Å²) >= 11 is 0. The molecule has 0 aromatic carbocycles. The Bertz CT molecular complexity index is 819. The number of anilines is 2. The van der Waals surface area contributed by atoms with Crippen molar-refractivity contribution in [1.29, 1.82) is 0 Å². The lowest BCUT2D eigenvalue weighted by Gasteiger charge is -2.35. The third-order valence-electron chi connectivity index (χ3n) is 4.98. The largest absolute Gasteiger partial charge is 0.383 e. The van der Waals surface area contributed by atoms with Crippen molar-refractivity contribution in [1.82, 2.24) is 15.3 Å². The van der Waals surface area contributed by atoms with Crippen LogP contribution in [0.2, 0.25) is 0 Å². The average Bonchev–Trinajstić information content (AvgIpc) is 2.67. The highest BCUT2D eigenvalue weighted by atomic mass is 16.1. The molecular formula is C21H35N5O. The zero-order chi connectivity index (χ0) is 19.4. The number of nitrogen functional groups attached to an aromatic ring is 1. The molecule has 1 fully saturated rings. The van der Waals surface area contributed by atoms with Gasteiger partial charge in [-0.25, -0.2) is 9.97 Å². The first-order valence-corrected chi connectivity index (χ1v) is 9.73. The molecule has 1 aliphatic heterocycles. The van der Waals surface area contributed by atoms with Gasteiger partial charge < -0.3 is 16.0 Å². The number of rotatable bonds is 6. The Labute approximate surface area is 165 Å². The fourth-order valence-electron chi connectivity index (χ4n) is 3.63. The molecule has 3 heterocycles. The Morgan fingerprint density at radius 3 is 2.93 bits per heavy atom. The Hall–Kier alpha value is -2.47. The molecule has 3 N–H and O–H groups in total. The van der Waals surface area contributed by atoms with Crippen LogP contribution in [0.4, 0.5) is 11.6 Å². The van der Waals surface area contributed by atoms with Crippen LogP contribution in [0, 0.1) is 5.92 Å². The summed E-state index contributed by atoms with van der Waals surface area (Å²) in [7, 11) is 0. The highest BCUT2D eigenvalue weighted by Crippen LogP contribution is 2.22. The molecule has 1 atom stereocenters. The molecule has 6 heteroatoms. The zero-order valence-electron chi connectivity index (χ0n) is 16.4. The highest BCUT2D eigenvalue weighted by Gasteiger charge is 2.24. The highest BCUT2D eigenvalue weighted by molar-refractivity contribution is 6.11. The molecule has 1 aliphatic rings. The maximum atomic E-state index is 13.1. The van der Waals surface area contributed by atoms with E-state index >= 15 is 0 Å². The Morgan fingerprint density at radius 2 is 2.22 bits per heavy atom. The second kappa shape index (κ2) is 8.48. The third-order valence-corrected chi connectivity index (χ3v) is 4.98. The second-order valence-electron chi connectivity index (χ2n) is 7.52. The van der Waals surface area contributed by atoms with Gasteiger partial charge in [-0.1, -0.05) is 26.8 Å². The molecule has 0 saturated carbocycles. The van der Waals surface area contributed by atoms with Gasteiger partial charge in [-0.05, 0) is 42.5 Å². The van der Waals surface area contributed by atoms with Crippen LogP contribution in [0.3, 0.4) is 0 Å². The predicted molar refractivity (Wildman–Crippen MR) is 115 cm³/mol. The van der Waals surface area contributed by atoms with Crippen molar-refractivity contribution in [2.45, 2.75) is 39.7 Å². The number of piperazine rings is 1. The van der Waals surface area contributed by atoms with Gasteiger partial charge in [0.25, 0.3) is 0 Å². The summed E-state index contributed by atoms with van der Waals surface area (Å²) in [5.41, 5.74) is 7.74. The van der Waals surface area contributed by atoms with E-state index in [1.54, 1.807) is 18.3 Å². The van der Waals surface area contributed by atoms with Crippen molar-refractivity contribution in [2.24, 2.45) is 5.92 Å². The Morgan fingerprint density at radius 1 is 1.41 bits per heavy atom. The quantitative estimate of drug-likeness (QED) is 0.755. The lowest BCUT2D eigenvalue weighted by atomic mass is 10.0. The molecule has 150 valence electrons. The minimum atomic E-state index is -0.159. The second-order valence-corrected chi connectivity index (χ2v) is 7.52. The molecule has 0 bridgehead atoms. The topological polar surface area (TPSA) is 84.1 Å². The number of pyridine rings is 2. The minimum absolute atomic E-state index is 0. The lowest BCUT2D eigenvalue weighted by molar-refractivity contribution is 0.103. The number of aromatic nitrogens is 2. The number of nitrogens with two attached hydrogens (primary N) is 1. The van der Waals surface area contributed by atoms with E-state index in [0.717, 1.165) is 43.9 Å². The average molecular weight is 374 g/mol. The maximum Gasteiger partial charge on any atom is 0.215 e. The van der Waals surface area contributed by atoms with E-state index in [-0.39, 0.29) is 15.9 Å². The number of nitrogens with one attached hydrogen (secondary N) is 1. The fraction of sp³-hybridized carbons (Fsp3) is 0.476. The first kappa shape index (κ1) is 19.3. The molecule has 0 radical (unpaired) electrons. The van der Waals surface area contributed by atoms with E-state index in [4.69, 9.17) is 10.7 Å². The van der Waals surface area contributed by atoms with Crippen LogP contribution in [-0.2, 0) is 6.42 Å². The number of nitrogens with zero attached hydrogens (tertiary/aromatic N) is 3. The van der Waals surface area contributed by atoms with Gasteiger partial charge in [-0.3, -0.25) is 4.79 Å². The number of carbonyl (C=O) groups is 1. The van der Waals surface area contributed by atoms with E-state index in [0.29, 0.717) is 23.2 Å². The molecule has 0 aliphatic carbocycles. The van der Waals surface area contributed by atoms with Crippen molar-refractivity contribution in [3.63, 3.8) is 0 Å². The summed E-state index contributed by atoms with van der Waals surface area (Å²) in [6.07, 6.45) is 3.46. The Balaban J connectivity index is 0.00000280. The Kier molecular flexibility index (Phi) is 6.06. The van der Waals surface area contributed by atoms with Crippen LogP contribution in [-0.4, -0.2) is 41.4 Å². The fourth-order valence-corrected chi connectivity index (χ4v) is 3.63. The summed E-state index contributed by atoms with van der Waals surface area (Å²) in [5, 5.41) is 3.58. The first-order valence-electron chi connectivity index (χ1n) is 9.73. The molecule has 6 nitrogen and oxygen atoms in total. The lowest BCUT2D eigenvalue weighted by Crippen LogP contribution is -2.51. The van der Waals surface area contributed by atoms with Gasteiger partial charge in [0.05, 0.1) is 5.56 Å². The molecule has 2 aromatic rings. The number of hydrogen-bond acceptors (Lipinski definition) is 6. The SMILES string of the molecule is CCc1ccc(N2CCN[C@@H](CC(C)C)C2)nc1C(=O)c1cccnc1N.[HH].[HH].[HH].